The van der Waals surface area contributed by atoms with Crippen molar-refractivity contribution in [2.45, 2.75) is 38.5 Å². The van der Waals surface area contributed by atoms with Crippen LogP contribution in [0.5, 0.6) is 0 Å². The second kappa shape index (κ2) is 6.18. The second-order valence-electron chi connectivity index (χ2n) is 3.64. The van der Waals surface area contributed by atoms with E-state index in [4.69, 9.17) is 0 Å². The molecule has 0 saturated carbocycles. The van der Waals surface area contributed by atoms with Crippen molar-refractivity contribution in [3.8, 4) is 0 Å². The number of nitrogens with one attached hydrogen (secondary N) is 1. The van der Waals surface area contributed by atoms with E-state index in [1.165, 1.54) is 38.8 Å². The number of unbranched alkanes of at least 4 members (excludes halogenated alkanes) is 2. The molecule has 2 nitrogen and oxygen atoms in total. The molecule has 1 rings (SSSR count). The lowest BCUT2D eigenvalue weighted by Crippen LogP contribution is -2.27. The van der Waals surface area contributed by atoms with E-state index in [0.29, 0.717) is 0 Å². The molecule has 0 atom stereocenters. The van der Waals surface area contributed by atoms with Crippen LogP contribution in [0.3, 0.4) is 0 Å². The zero-order valence-corrected chi connectivity index (χ0v) is 7.72. The fraction of sp³-hybridized carbons (Fsp3) is 0.900. The standard InChI is InChI=1S/C10H19NO/c12-9-3-1-2-4-10-5-7-11-8-6-10/h9-11H,1-8H2. The highest BCUT2D eigenvalue weighted by Crippen LogP contribution is 2.18. The van der Waals surface area contributed by atoms with E-state index < -0.39 is 0 Å². The Labute approximate surface area is 74.7 Å². The van der Waals surface area contributed by atoms with Gasteiger partial charge in [0.25, 0.3) is 0 Å². The molecule has 2 heteroatoms. The molecular weight excluding hydrogens is 150 g/mol. The van der Waals surface area contributed by atoms with Crippen molar-refractivity contribution in [2.24, 2.45) is 5.92 Å². The molecule has 0 spiro atoms. The summed E-state index contributed by atoms with van der Waals surface area (Å²) < 4.78 is 0. The average molecular weight is 169 g/mol. The summed E-state index contributed by atoms with van der Waals surface area (Å²) in [4.78, 5) is 10.0. The van der Waals surface area contributed by atoms with E-state index in [1.807, 2.05) is 0 Å². The molecule has 70 valence electrons. The van der Waals surface area contributed by atoms with Gasteiger partial charge in [-0.25, -0.2) is 0 Å². The third kappa shape index (κ3) is 3.86. The van der Waals surface area contributed by atoms with Gasteiger partial charge in [-0.05, 0) is 38.3 Å². The Bertz CT molecular complexity index is 119. The number of hydrogen-bond acceptors (Lipinski definition) is 2. The molecular formula is C10H19NO. The van der Waals surface area contributed by atoms with Crippen LogP contribution in [-0.4, -0.2) is 19.4 Å². The third-order valence-electron chi connectivity index (χ3n) is 2.64. The average Bonchev–Trinajstić information content (AvgIpc) is 2.14. The molecule has 0 aromatic carbocycles. The fourth-order valence-electron chi connectivity index (χ4n) is 1.83. The van der Waals surface area contributed by atoms with Gasteiger partial charge in [-0.2, -0.15) is 0 Å². The van der Waals surface area contributed by atoms with Gasteiger partial charge in [-0.1, -0.05) is 12.8 Å². The normalized spacial score (nSPS) is 19.3. The van der Waals surface area contributed by atoms with Crippen LogP contribution in [0.25, 0.3) is 0 Å². The first kappa shape index (κ1) is 9.72. The molecule has 1 aliphatic rings. The van der Waals surface area contributed by atoms with E-state index in [1.54, 1.807) is 0 Å². The maximum absolute atomic E-state index is 10.0. The molecule has 0 unspecified atom stereocenters. The van der Waals surface area contributed by atoms with Gasteiger partial charge in [0.15, 0.2) is 0 Å². The minimum absolute atomic E-state index is 0.755. The monoisotopic (exact) mass is 169 g/mol. The number of carbonyl (C=O) groups excluding carboxylic acids is 1. The highest BCUT2D eigenvalue weighted by Gasteiger charge is 2.11. The van der Waals surface area contributed by atoms with E-state index in [-0.39, 0.29) is 0 Å². The number of carbonyl (C=O) groups is 1. The van der Waals surface area contributed by atoms with E-state index in [2.05, 4.69) is 5.32 Å². The lowest BCUT2D eigenvalue weighted by atomic mass is 9.92. The minimum atomic E-state index is 0.755. The fourth-order valence-corrected chi connectivity index (χ4v) is 1.83. The zero-order valence-electron chi connectivity index (χ0n) is 7.72. The Kier molecular flexibility index (Phi) is 5.00. The first-order valence-electron chi connectivity index (χ1n) is 5.08. The lowest BCUT2D eigenvalue weighted by molar-refractivity contribution is -0.107. The maximum atomic E-state index is 10.0. The van der Waals surface area contributed by atoms with Gasteiger partial charge in [0.2, 0.25) is 0 Å². The van der Waals surface area contributed by atoms with Crippen molar-refractivity contribution in [3.05, 3.63) is 0 Å². The van der Waals surface area contributed by atoms with Crippen LogP contribution in [0.15, 0.2) is 0 Å². The SMILES string of the molecule is O=CCCCCC1CCNCC1. The van der Waals surface area contributed by atoms with Crippen LogP contribution in [0, 0.1) is 5.92 Å². The lowest BCUT2D eigenvalue weighted by Gasteiger charge is -2.22. The predicted octanol–water partition coefficient (Wildman–Crippen LogP) is 1.75. The highest BCUT2D eigenvalue weighted by atomic mass is 16.1. The van der Waals surface area contributed by atoms with Crippen LogP contribution in [0.4, 0.5) is 0 Å². The zero-order chi connectivity index (χ0) is 8.65. The molecule has 0 aromatic heterocycles. The molecule has 0 bridgehead atoms. The maximum Gasteiger partial charge on any atom is 0.119 e. The van der Waals surface area contributed by atoms with Crippen molar-refractivity contribution in [3.63, 3.8) is 0 Å². The van der Waals surface area contributed by atoms with Crippen molar-refractivity contribution in [1.29, 1.82) is 0 Å². The molecule has 1 heterocycles. The van der Waals surface area contributed by atoms with Gasteiger partial charge in [-0.3, -0.25) is 0 Å². The van der Waals surface area contributed by atoms with Crippen LogP contribution in [-0.2, 0) is 4.79 Å². The molecule has 0 radical (unpaired) electrons. The molecule has 0 aromatic rings. The summed E-state index contributed by atoms with van der Waals surface area (Å²) in [7, 11) is 0. The van der Waals surface area contributed by atoms with Crippen molar-refractivity contribution in [1.82, 2.24) is 5.32 Å². The summed E-state index contributed by atoms with van der Waals surface area (Å²) >= 11 is 0. The number of hydrogen-bond donors (Lipinski definition) is 1. The molecule has 1 saturated heterocycles. The Morgan fingerprint density at radius 3 is 2.67 bits per heavy atom. The molecule has 0 amide bonds. The summed E-state index contributed by atoms with van der Waals surface area (Å²) in [5.41, 5.74) is 0. The van der Waals surface area contributed by atoms with Gasteiger partial charge >= 0.3 is 0 Å². The van der Waals surface area contributed by atoms with Gasteiger partial charge in [0.05, 0.1) is 0 Å². The van der Waals surface area contributed by atoms with Crippen LogP contribution in [0.2, 0.25) is 0 Å². The summed E-state index contributed by atoms with van der Waals surface area (Å²) in [6, 6.07) is 0. The van der Waals surface area contributed by atoms with Crippen molar-refractivity contribution in [2.75, 3.05) is 13.1 Å². The van der Waals surface area contributed by atoms with Gasteiger partial charge < -0.3 is 10.1 Å². The van der Waals surface area contributed by atoms with Gasteiger partial charge in [0.1, 0.15) is 6.29 Å². The summed E-state index contributed by atoms with van der Waals surface area (Å²) in [6.45, 7) is 2.39. The number of piperidine rings is 1. The summed E-state index contributed by atoms with van der Waals surface area (Å²) in [5.74, 6) is 0.929. The Morgan fingerprint density at radius 2 is 2.00 bits per heavy atom. The Balaban J connectivity index is 1.94. The van der Waals surface area contributed by atoms with Crippen LogP contribution < -0.4 is 5.32 Å². The molecule has 12 heavy (non-hydrogen) atoms. The van der Waals surface area contributed by atoms with E-state index in [0.717, 1.165) is 25.0 Å². The number of rotatable bonds is 5. The first-order valence-corrected chi connectivity index (χ1v) is 5.08. The summed E-state index contributed by atoms with van der Waals surface area (Å²) in [6.07, 6.45) is 8.11. The quantitative estimate of drug-likeness (QED) is 0.502. The van der Waals surface area contributed by atoms with Crippen LogP contribution in [0.1, 0.15) is 38.5 Å². The third-order valence-corrected chi connectivity index (χ3v) is 2.64. The topological polar surface area (TPSA) is 29.1 Å². The van der Waals surface area contributed by atoms with Crippen molar-refractivity contribution < 1.29 is 4.79 Å². The van der Waals surface area contributed by atoms with E-state index in [9.17, 15) is 4.79 Å². The minimum Gasteiger partial charge on any atom is -0.317 e. The Hall–Kier alpha value is -0.370. The first-order chi connectivity index (χ1) is 5.93. The Morgan fingerprint density at radius 1 is 1.25 bits per heavy atom. The molecule has 1 aliphatic heterocycles. The second-order valence-corrected chi connectivity index (χ2v) is 3.64. The van der Waals surface area contributed by atoms with Gasteiger partial charge in [-0.15, -0.1) is 0 Å². The van der Waals surface area contributed by atoms with E-state index >= 15 is 0 Å². The highest BCUT2D eigenvalue weighted by molar-refractivity contribution is 5.48. The summed E-state index contributed by atoms with van der Waals surface area (Å²) in [5, 5.41) is 3.36. The molecule has 0 aliphatic carbocycles. The largest absolute Gasteiger partial charge is 0.317 e. The van der Waals surface area contributed by atoms with Crippen molar-refractivity contribution >= 4 is 6.29 Å². The smallest absolute Gasteiger partial charge is 0.119 e. The number of aldehydes is 1. The molecule has 1 N–H and O–H groups in total. The predicted molar refractivity (Wildman–Crippen MR) is 50.1 cm³/mol. The van der Waals surface area contributed by atoms with Crippen LogP contribution >= 0.6 is 0 Å². The van der Waals surface area contributed by atoms with Gasteiger partial charge in [0, 0.05) is 6.42 Å². The molecule has 1 fully saturated rings.